The summed E-state index contributed by atoms with van der Waals surface area (Å²) < 4.78 is 25.4. The molecule has 6 aliphatic carbocycles. The van der Waals surface area contributed by atoms with E-state index in [2.05, 4.69) is 5.32 Å². The zero-order valence-corrected chi connectivity index (χ0v) is 34.2. The monoisotopic (exact) mass is 774 g/mol. The quantitative estimate of drug-likeness (QED) is 0.146. The van der Waals surface area contributed by atoms with Gasteiger partial charge in [0.1, 0.15) is 13.0 Å². The highest BCUT2D eigenvalue weighted by atomic mass is 16.6. The minimum absolute atomic E-state index is 0.0342. The van der Waals surface area contributed by atoms with Crippen molar-refractivity contribution in [3.8, 4) is 0 Å². The number of hydrogen-bond acceptors (Lipinski definition) is 9. The smallest absolute Gasteiger partial charge is 0.302 e. The first-order valence-electron chi connectivity index (χ1n) is 23.2. The number of aliphatic hydroxyl groups is 3. The highest BCUT2D eigenvalue weighted by Gasteiger charge is 2.66. The van der Waals surface area contributed by atoms with Gasteiger partial charge in [0.05, 0.1) is 49.8 Å². The van der Waals surface area contributed by atoms with Crippen LogP contribution < -0.4 is 11.1 Å². The molecule has 0 aromatic heterocycles. The molecule has 314 valence electrons. The molecule has 0 aromatic rings. The van der Waals surface area contributed by atoms with E-state index in [1.807, 2.05) is 0 Å². The molecule has 6 saturated carbocycles. The van der Waals surface area contributed by atoms with Crippen molar-refractivity contribution in [2.45, 2.75) is 178 Å². The standard InChI is InChI=1S/C45H76N2O8/c1-26(49)53-24-36-34-12-13-35-41-31(18-32(50)20-39(41)54-25-48)22-45(42(35)44(34)55-43(36)28-9-14-37(51)38(19-28)52-2)17-16-29(21-45)33(30-10-15-40(46)47-23-30)11-8-27-6-4-3-5-7-27/h27-44,47-48,50-51H,3-25,46H2,1-2H3/p+1/t28?,29-,30?,31?,32?,33+,34?,35?,36-,37?,38?,39?,40?,41?,42?,43-,44?,45+/m1/s1. The van der Waals surface area contributed by atoms with Gasteiger partial charge in [0.2, 0.25) is 0 Å². The van der Waals surface area contributed by atoms with Crippen LogP contribution in [0.2, 0.25) is 0 Å². The zero-order valence-electron chi connectivity index (χ0n) is 34.2. The van der Waals surface area contributed by atoms with Crippen molar-refractivity contribution in [1.29, 1.82) is 0 Å². The average molecular weight is 774 g/mol. The summed E-state index contributed by atoms with van der Waals surface area (Å²) in [5.41, 5.74) is 6.59. The molecule has 10 heteroatoms. The van der Waals surface area contributed by atoms with Gasteiger partial charge in [-0.2, -0.15) is 0 Å². The van der Waals surface area contributed by atoms with Gasteiger partial charge in [-0.3, -0.25) is 10.5 Å². The van der Waals surface area contributed by atoms with Crippen LogP contribution in [0.25, 0.3) is 0 Å². The van der Waals surface area contributed by atoms with E-state index in [1.54, 1.807) is 7.11 Å². The Morgan fingerprint density at radius 1 is 0.891 bits per heavy atom. The van der Waals surface area contributed by atoms with Gasteiger partial charge in [0, 0.05) is 32.3 Å². The van der Waals surface area contributed by atoms with E-state index in [1.165, 1.54) is 77.6 Å². The fourth-order valence-corrected chi connectivity index (χ4v) is 15.5. The van der Waals surface area contributed by atoms with Crippen LogP contribution >= 0.6 is 0 Å². The summed E-state index contributed by atoms with van der Waals surface area (Å²) in [6.07, 6.45) is 22.1. The van der Waals surface area contributed by atoms with Gasteiger partial charge in [-0.25, -0.2) is 0 Å². The number of esters is 1. The van der Waals surface area contributed by atoms with Crippen LogP contribution in [0, 0.1) is 70.5 Å². The topological polar surface area (TPSA) is 157 Å². The van der Waals surface area contributed by atoms with E-state index < -0.39 is 6.10 Å². The van der Waals surface area contributed by atoms with Crippen molar-refractivity contribution >= 4 is 5.97 Å². The van der Waals surface area contributed by atoms with E-state index in [4.69, 9.17) is 24.7 Å². The van der Waals surface area contributed by atoms with Crippen molar-refractivity contribution in [2.75, 3.05) is 27.1 Å². The molecule has 0 aromatic carbocycles. The number of aliphatic hydroxyl groups excluding tert-OH is 3. The van der Waals surface area contributed by atoms with Crippen molar-refractivity contribution < 1.29 is 44.4 Å². The number of quaternary nitrogens is 1. The number of hydrogen-bond donors (Lipinski definition) is 5. The predicted molar refractivity (Wildman–Crippen MR) is 208 cm³/mol. The molecular weight excluding hydrogens is 697 g/mol. The normalized spacial score (nSPS) is 48.2. The molecule has 13 unspecified atom stereocenters. The third-order valence-corrected chi connectivity index (χ3v) is 17.8. The van der Waals surface area contributed by atoms with Gasteiger partial charge < -0.3 is 39.6 Å². The maximum absolute atomic E-state index is 12.3. The fourth-order valence-electron chi connectivity index (χ4n) is 15.5. The summed E-state index contributed by atoms with van der Waals surface area (Å²) in [7, 11) is 1.71. The van der Waals surface area contributed by atoms with Crippen molar-refractivity contribution in [2.24, 2.45) is 76.2 Å². The van der Waals surface area contributed by atoms with E-state index >= 15 is 0 Å². The van der Waals surface area contributed by atoms with Gasteiger partial charge in [-0.1, -0.05) is 38.5 Å². The zero-order chi connectivity index (χ0) is 38.3. The van der Waals surface area contributed by atoms with Gasteiger partial charge in [-0.15, -0.1) is 0 Å². The molecule has 0 amide bonds. The van der Waals surface area contributed by atoms with E-state index in [-0.39, 0.29) is 66.7 Å². The van der Waals surface area contributed by atoms with Gasteiger partial charge in [0.25, 0.3) is 0 Å². The Morgan fingerprint density at radius 2 is 1.71 bits per heavy atom. The van der Waals surface area contributed by atoms with Gasteiger partial charge in [-0.05, 0) is 142 Å². The number of fused-ring (bicyclic) bond motifs is 6. The molecule has 0 bridgehead atoms. The summed E-state index contributed by atoms with van der Waals surface area (Å²) in [4.78, 5) is 12.3. The van der Waals surface area contributed by atoms with Crippen LogP contribution in [0.1, 0.15) is 135 Å². The number of carbonyl (C=O) groups is 1. The molecule has 8 fully saturated rings. The minimum atomic E-state index is -0.455. The number of methoxy groups -OCH3 is 1. The third-order valence-electron chi connectivity index (χ3n) is 17.8. The number of carbonyl (C=O) groups excluding carboxylic acids is 1. The van der Waals surface area contributed by atoms with Crippen molar-refractivity contribution in [3.63, 3.8) is 0 Å². The number of piperidine rings is 1. The molecule has 0 radical (unpaired) electrons. The molecule has 10 nitrogen and oxygen atoms in total. The first-order valence-corrected chi connectivity index (χ1v) is 23.2. The van der Waals surface area contributed by atoms with Crippen molar-refractivity contribution in [1.82, 2.24) is 0 Å². The van der Waals surface area contributed by atoms with E-state index in [0.717, 1.165) is 69.2 Å². The van der Waals surface area contributed by atoms with E-state index in [9.17, 15) is 20.1 Å². The molecule has 18 atom stereocenters. The minimum Gasteiger partial charge on any atom is -0.465 e. The molecular formula is C45H77N2O8+. The number of ether oxygens (including phenoxy) is 4. The fraction of sp³-hybridized carbons (Fsp3) is 0.978. The van der Waals surface area contributed by atoms with Crippen molar-refractivity contribution in [3.05, 3.63) is 0 Å². The lowest BCUT2D eigenvalue weighted by molar-refractivity contribution is -0.704. The highest BCUT2D eigenvalue weighted by molar-refractivity contribution is 5.65. The van der Waals surface area contributed by atoms with Crippen LogP contribution in [0.4, 0.5) is 0 Å². The van der Waals surface area contributed by atoms with Crippen LogP contribution in [0.3, 0.4) is 0 Å². The molecule has 2 heterocycles. The predicted octanol–water partition coefficient (Wildman–Crippen LogP) is 4.90. The maximum Gasteiger partial charge on any atom is 0.302 e. The Kier molecular flexibility index (Phi) is 13.2. The lowest BCUT2D eigenvalue weighted by atomic mass is 9.45. The Labute approximate surface area is 331 Å². The molecule has 2 aliphatic heterocycles. The number of nitrogens with two attached hydrogens (primary N) is 2. The average Bonchev–Trinajstić information content (AvgIpc) is 3.76. The SMILES string of the molecule is COC1CC([C@H]2OC3C(CCC4C5C(CC(O)CC5OCO)C[C@@]5(CC[C@@H]([C@H](CCC6CCCCC6)C6CCC(N)[NH2+]C6)C5)C43)[C@H]2COC(C)=O)CCC1O. The first-order chi connectivity index (χ1) is 26.7. The second-order valence-electron chi connectivity index (χ2n) is 20.5. The Balaban J connectivity index is 1.12. The summed E-state index contributed by atoms with van der Waals surface area (Å²) in [5, 5.41) is 34.5. The summed E-state index contributed by atoms with van der Waals surface area (Å²) in [6, 6.07) is 0. The van der Waals surface area contributed by atoms with Crippen LogP contribution in [0.15, 0.2) is 0 Å². The van der Waals surface area contributed by atoms with Gasteiger partial charge in [0.15, 0.2) is 0 Å². The Bertz CT molecular complexity index is 1260. The lowest BCUT2D eigenvalue weighted by Crippen LogP contribution is -2.95. The van der Waals surface area contributed by atoms with Crippen LogP contribution in [-0.2, 0) is 23.7 Å². The summed E-state index contributed by atoms with van der Waals surface area (Å²) in [6.45, 7) is 2.77. The Morgan fingerprint density at radius 3 is 2.45 bits per heavy atom. The Hall–Kier alpha value is -0.850. The summed E-state index contributed by atoms with van der Waals surface area (Å²) >= 11 is 0. The summed E-state index contributed by atoms with van der Waals surface area (Å²) in [5.74, 6) is 4.98. The highest BCUT2D eigenvalue weighted by Crippen LogP contribution is 2.69. The number of rotatable bonds is 11. The first kappa shape index (κ1) is 40.9. The second-order valence-corrected chi connectivity index (χ2v) is 20.5. The lowest BCUT2D eigenvalue weighted by Gasteiger charge is -2.61. The molecule has 8 rings (SSSR count). The molecule has 1 spiro atoms. The maximum atomic E-state index is 12.3. The van der Waals surface area contributed by atoms with E-state index in [0.29, 0.717) is 55.0 Å². The third kappa shape index (κ3) is 8.47. The molecule has 2 saturated heterocycles. The second kappa shape index (κ2) is 17.8. The largest absolute Gasteiger partial charge is 0.465 e. The van der Waals surface area contributed by atoms with Crippen LogP contribution in [0.5, 0.6) is 0 Å². The molecule has 8 aliphatic rings. The van der Waals surface area contributed by atoms with Crippen LogP contribution in [-0.4, -0.2) is 91.1 Å². The molecule has 55 heavy (non-hydrogen) atoms. The molecule has 7 N–H and O–H groups in total. The van der Waals surface area contributed by atoms with Gasteiger partial charge >= 0.3 is 5.97 Å².